The van der Waals surface area contributed by atoms with Crippen molar-refractivity contribution < 1.29 is 27.8 Å². The highest BCUT2D eigenvalue weighted by Crippen LogP contribution is 2.49. The molecular weight excluding hydrogens is 421 g/mol. The zero-order valence-corrected chi connectivity index (χ0v) is 18.2. The van der Waals surface area contributed by atoms with E-state index in [9.17, 15) is 18.3 Å². The molecule has 4 atom stereocenters. The van der Waals surface area contributed by atoms with Gasteiger partial charge < -0.3 is 25.2 Å². The second-order valence-corrected chi connectivity index (χ2v) is 8.58. The summed E-state index contributed by atoms with van der Waals surface area (Å²) < 4.78 is 52.3. The number of aliphatic hydroxyl groups is 1. The topological polar surface area (TPSA) is 62.8 Å². The van der Waals surface area contributed by atoms with Crippen molar-refractivity contribution in [2.45, 2.75) is 56.3 Å². The van der Waals surface area contributed by atoms with Crippen molar-refractivity contribution in [1.29, 1.82) is 0 Å². The smallest absolute Gasteiger partial charge is 0.421 e. The summed E-state index contributed by atoms with van der Waals surface area (Å²) >= 11 is 0. The zero-order valence-electron chi connectivity index (χ0n) is 18.2. The molecule has 32 heavy (non-hydrogen) atoms. The van der Waals surface area contributed by atoms with E-state index < -0.39 is 24.5 Å². The maximum atomic E-state index is 13.9. The van der Waals surface area contributed by atoms with E-state index in [0.717, 1.165) is 26.3 Å². The van der Waals surface area contributed by atoms with E-state index in [0.29, 0.717) is 17.9 Å². The second kappa shape index (κ2) is 9.02. The highest BCUT2D eigenvalue weighted by atomic mass is 19.4. The molecule has 2 heterocycles. The molecule has 3 N–H and O–H groups in total. The molecule has 5 nitrogen and oxygen atoms in total. The minimum atomic E-state index is -4.62. The average molecular weight is 451 g/mol. The van der Waals surface area contributed by atoms with Gasteiger partial charge in [0, 0.05) is 24.2 Å². The summed E-state index contributed by atoms with van der Waals surface area (Å²) in [5.41, 5.74) is -0.595. The molecule has 2 aliphatic rings. The Kier molecular flexibility index (Phi) is 6.49. The van der Waals surface area contributed by atoms with E-state index >= 15 is 0 Å². The van der Waals surface area contributed by atoms with Crippen molar-refractivity contribution in [3.05, 3.63) is 64.7 Å². The predicted molar refractivity (Wildman–Crippen MR) is 114 cm³/mol. The number of rotatable bonds is 5. The molecule has 0 amide bonds. The lowest BCUT2D eigenvalue weighted by atomic mass is 9.84. The molecule has 0 saturated carbocycles. The lowest BCUT2D eigenvalue weighted by molar-refractivity contribution is -0.288. The second-order valence-electron chi connectivity index (χ2n) is 8.58. The van der Waals surface area contributed by atoms with Crippen LogP contribution < -0.4 is 15.4 Å². The van der Waals surface area contributed by atoms with E-state index in [1.807, 2.05) is 18.2 Å². The maximum Gasteiger partial charge on any atom is 0.421 e. The van der Waals surface area contributed by atoms with E-state index in [1.54, 1.807) is 0 Å². The van der Waals surface area contributed by atoms with Gasteiger partial charge in [-0.2, -0.15) is 13.2 Å². The molecule has 4 rings (SSSR count). The minimum absolute atomic E-state index is 0.0669. The van der Waals surface area contributed by atoms with E-state index in [1.165, 1.54) is 24.8 Å². The maximum absolute atomic E-state index is 13.9. The number of piperidine rings is 1. The molecule has 2 aromatic carbocycles. The molecule has 174 valence electrons. The normalized spacial score (nSPS) is 28.2. The van der Waals surface area contributed by atoms with Gasteiger partial charge in [-0.3, -0.25) is 0 Å². The zero-order chi connectivity index (χ0) is 22.9. The van der Waals surface area contributed by atoms with Crippen LogP contribution in [0.2, 0.25) is 0 Å². The predicted octanol–water partition coefficient (Wildman–Crippen LogP) is 4.12. The summed E-state index contributed by atoms with van der Waals surface area (Å²) in [5.74, 6) is 0.446. The molecule has 0 spiro atoms. The van der Waals surface area contributed by atoms with Gasteiger partial charge in [0.25, 0.3) is 0 Å². The Morgan fingerprint density at radius 3 is 2.69 bits per heavy atom. The summed E-state index contributed by atoms with van der Waals surface area (Å²) in [6.45, 7) is 1.84. The summed E-state index contributed by atoms with van der Waals surface area (Å²) in [7, 11) is 1.48. The van der Waals surface area contributed by atoms with Gasteiger partial charge in [-0.15, -0.1) is 0 Å². The fourth-order valence-corrected chi connectivity index (χ4v) is 4.67. The Morgan fingerprint density at radius 2 is 2.00 bits per heavy atom. The van der Waals surface area contributed by atoms with E-state index in [-0.39, 0.29) is 23.2 Å². The van der Waals surface area contributed by atoms with Crippen molar-refractivity contribution in [2.75, 3.05) is 20.3 Å². The fourth-order valence-electron chi connectivity index (χ4n) is 4.67. The van der Waals surface area contributed by atoms with Crippen LogP contribution in [0.15, 0.2) is 42.5 Å². The van der Waals surface area contributed by atoms with Crippen LogP contribution in [-0.4, -0.2) is 37.6 Å². The third kappa shape index (κ3) is 4.24. The van der Waals surface area contributed by atoms with Crippen LogP contribution in [0.4, 0.5) is 13.2 Å². The molecule has 0 bridgehead atoms. The number of hydrogen-bond donors (Lipinski definition) is 3. The number of hydrogen-bond acceptors (Lipinski definition) is 5. The van der Waals surface area contributed by atoms with Crippen LogP contribution in [-0.2, 0) is 16.9 Å². The number of ether oxygens (including phenoxy) is 2. The Hall–Kier alpha value is -2.13. The highest BCUT2D eigenvalue weighted by molar-refractivity contribution is 5.48. The number of alkyl halides is 3. The molecule has 4 unspecified atom stereocenters. The third-order valence-corrected chi connectivity index (χ3v) is 6.57. The van der Waals surface area contributed by atoms with Crippen LogP contribution in [0.25, 0.3) is 0 Å². The summed E-state index contributed by atoms with van der Waals surface area (Å²) in [6, 6.07) is 13.3. The monoisotopic (exact) mass is 450 g/mol. The van der Waals surface area contributed by atoms with Crippen LogP contribution >= 0.6 is 0 Å². The van der Waals surface area contributed by atoms with Crippen molar-refractivity contribution in [1.82, 2.24) is 10.6 Å². The minimum Gasteiger partial charge on any atom is -0.496 e. The number of fused-ring (bicyclic) bond motifs is 1. The molecule has 8 heteroatoms. The van der Waals surface area contributed by atoms with Gasteiger partial charge in [0.2, 0.25) is 0 Å². The number of halogens is 3. The Balaban J connectivity index is 1.63. The van der Waals surface area contributed by atoms with Gasteiger partial charge in [0.05, 0.1) is 13.7 Å². The van der Waals surface area contributed by atoms with Gasteiger partial charge in [-0.25, -0.2) is 0 Å². The first kappa shape index (κ1) is 23.0. The Morgan fingerprint density at radius 1 is 1.25 bits per heavy atom. The van der Waals surface area contributed by atoms with Crippen LogP contribution in [0, 0.1) is 0 Å². The van der Waals surface area contributed by atoms with Gasteiger partial charge in [-0.1, -0.05) is 30.3 Å². The highest BCUT2D eigenvalue weighted by Gasteiger charge is 2.57. The summed E-state index contributed by atoms with van der Waals surface area (Å²) in [6.07, 6.45) is -3.80. The molecule has 0 aliphatic carbocycles. The van der Waals surface area contributed by atoms with Crippen molar-refractivity contribution in [3.8, 4) is 5.75 Å². The molecule has 1 saturated heterocycles. The van der Waals surface area contributed by atoms with Crippen LogP contribution in [0.3, 0.4) is 0 Å². The quantitative estimate of drug-likeness (QED) is 0.640. The number of methoxy groups -OCH3 is 1. The van der Waals surface area contributed by atoms with E-state index in [2.05, 4.69) is 22.8 Å². The molecule has 0 radical (unpaired) electrons. The summed E-state index contributed by atoms with van der Waals surface area (Å²) in [4.78, 5) is 0. The largest absolute Gasteiger partial charge is 0.496 e. The fraction of sp³-hybridized carbons (Fsp3) is 0.500. The standard InChI is InChI=1S/C24H29F3N2O3/c1-23(24(25,26)27)18-11-16(21(31-2)12-17(18)20(30)14-32-23)13-29-19-9-6-10-28-22(19)15-7-4-3-5-8-15/h3-5,7-8,11-12,19-20,22,28-30H,6,9-10,13-14H2,1-2H3. The summed E-state index contributed by atoms with van der Waals surface area (Å²) in [5, 5.41) is 17.4. The third-order valence-electron chi connectivity index (χ3n) is 6.57. The van der Waals surface area contributed by atoms with Gasteiger partial charge in [-0.05, 0) is 55.1 Å². The number of nitrogens with one attached hydrogen (secondary N) is 2. The van der Waals surface area contributed by atoms with Gasteiger partial charge in [0.15, 0.2) is 5.60 Å². The van der Waals surface area contributed by atoms with Gasteiger partial charge in [0.1, 0.15) is 11.9 Å². The lowest BCUT2D eigenvalue weighted by Gasteiger charge is -2.40. The lowest BCUT2D eigenvalue weighted by Crippen LogP contribution is -2.47. The molecule has 0 aromatic heterocycles. The first-order valence-electron chi connectivity index (χ1n) is 10.9. The van der Waals surface area contributed by atoms with E-state index in [4.69, 9.17) is 9.47 Å². The molecular formula is C24H29F3N2O3. The average Bonchev–Trinajstić information content (AvgIpc) is 2.80. The molecule has 2 aromatic rings. The van der Waals surface area contributed by atoms with Crippen LogP contribution in [0.1, 0.15) is 54.2 Å². The first-order valence-corrected chi connectivity index (χ1v) is 10.9. The molecule has 2 aliphatic heterocycles. The Labute approximate surface area is 185 Å². The van der Waals surface area contributed by atoms with Crippen molar-refractivity contribution in [3.63, 3.8) is 0 Å². The SMILES string of the molecule is COc1cc2c(cc1CNC1CCCNC1c1ccccc1)C(C)(C(F)(F)F)OCC2O. The van der Waals surface area contributed by atoms with Crippen molar-refractivity contribution >= 4 is 0 Å². The number of benzene rings is 2. The number of aliphatic hydroxyl groups excluding tert-OH is 1. The Bertz CT molecular complexity index is 938. The molecule has 1 fully saturated rings. The first-order chi connectivity index (χ1) is 15.2. The van der Waals surface area contributed by atoms with Crippen molar-refractivity contribution in [2.24, 2.45) is 0 Å². The van der Waals surface area contributed by atoms with Gasteiger partial charge >= 0.3 is 6.18 Å². The van der Waals surface area contributed by atoms with Crippen LogP contribution in [0.5, 0.6) is 5.75 Å².